The molecule has 0 saturated carbocycles. The zero-order chi connectivity index (χ0) is 64.0. The Morgan fingerprint density at radius 2 is 1.07 bits per heavy atom. The summed E-state index contributed by atoms with van der Waals surface area (Å²) in [5.41, 5.74) is 14.3. The lowest BCUT2D eigenvalue weighted by Crippen LogP contribution is -2.37. The number of nitrogen functional groups attached to an aromatic ring is 2. The normalized spacial score (nSPS) is 20.9. The molecule has 4 unspecified atom stereocenters. The number of hydrogen-bond donors (Lipinski definition) is 6. The Hall–Kier alpha value is -8.27. The van der Waals surface area contributed by atoms with Crippen molar-refractivity contribution in [2.24, 2.45) is 0 Å². The van der Waals surface area contributed by atoms with Crippen LogP contribution in [-0.2, 0) is 59.9 Å². The van der Waals surface area contributed by atoms with Crippen molar-refractivity contribution in [2.45, 2.75) is 88.6 Å². The van der Waals surface area contributed by atoms with Crippen LogP contribution in [0, 0.1) is 0 Å². The average Bonchev–Trinajstić information content (AvgIpc) is 1.71. The van der Waals surface area contributed by atoms with Crippen LogP contribution < -0.4 is 30.7 Å². The highest BCUT2D eigenvalue weighted by Gasteiger charge is 2.48. The summed E-state index contributed by atoms with van der Waals surface area (Å²) in [7, 11) is -8.70. The van der Waals surface area contributed by atoms with Crippen LogP contribution in [-0.4, -0.2) is 117 Å². The van der Waals surface area contributed by atoms with E-state index in [9.17, 15) is 28.9 Å². The Kier molecular flexibility index (Phi) is 19.8. The fourth-order valence-corrected chi connectivity index (χ4v) is 13.3. The van der Waals surface area contributed by atoms with Gasteiger partial charge in [0.25, 0.3) is 0 Å². The molecule has 474 valence electrons. The lowest BCUT2D eigenvalue weighted by Gasteiger charge is -2.25. The van der Waals surface area contributed by atoms with Crippen LogP contribution in [0.2, 0.25) is 10.6 Å². The maximum atomic E-state index is 15.4. The summed E-state index contributed by atoms with van der Waals surface area (Å²) in [5.74, 6) is -0.811. The fraction of sp³-hybridized carbons (Fsp3) is 0.267. The van der Waals surface area contributed by atoms with Gasteiger partial charge in [-0.15, -0.1) is 0 Å². The molecule has 2 fully saturated rings. The number of aromatic nitrogens is 8. The molecule has 10 aromatic rings. The molecular formula is C60H59Cl2FN12O14P2. The van der Waals surface area contributed by atoms with Crippen molar-refractivity contribution in [3.05, 3.63) is 180 Å². The van der Waals surface area contributed by atoms with Crippen LogP contribution in [0.5, 0.6) is 11.5 Å². The molecule has 31 heteroatoms. The number of benzene rings is 6. The number of aliphatic hydroxyl groups is 2. The van der Waals surface area contributed by atoms with E-state index in [1.807, 2.05) is 97.1 Å². The number of nitrogens with zero attached hydrogens (tertiary/aromatic N) is 8. The first-order chi connectivity index (χ1) is 43.8. The Morgan fingerprint density at radius 1 is 0.626 bits per heavy atom. The van der Waals surface area contributed by atoms with E-state index in [4.69, 9.17) is 71.7 Å². The Balaban J connectivity index is 0.000000187. The molecule has 0 spiro atoms. The second-order valence-electron chi connectivity index (χ2n) is 20.9. The van der Waals surface area contributed by atoms with E-state index < -0.39 is 89.2 Å². The topological polar surface area (TPSA) is 346 Å². The molecule has 0 aliphatic carbocycles. The van der Waals surface area contributed by atoms with E-state index in [0.29, 0.717) is 21.9 Å². The maximum Gasteiger partial charge on any atom is 0.459 e. The number of nitrogens with one attached hydrogen (secondary N) is 2. The second-order valence-corrected chi connectivity index (χ2v) is 25.0. The summed E-state index contributed by atoms with van der Waals surface area (Å²) in [6, 6.07) is 41.1. The molecule has 6 heterocycles. The number of carbonyl (C=O) groups excluding carboxylic acids is 2. The van der Waals surface area contributed by atoms with Gasteiger partial charge in [0.2, 0.25) is 10.6 Å². The van der Waals surface area contributed by atoms with Crippen molar-refractivity contribution < 1.29 is 70.4 Å². The van der Waals surface area contributed by atoms with Crippen LogP contribution in [0.3, 0.4) is 0 Å². The average molecular weight is 1320 g/mol. The largest absolute Gasteiger partial charge is 0.460 e. The van der Waals surface area contributed by atoms with Gasteiger partial charge in [-0.05, 0) is 71.1 Å². The molecule has 26 nitrogen and oxygen atoms in total. The van der Waals surface area contributed by atoms with Crippen LogP contribution in [0.4, 0.5) is 16.0 Å². The summed E-state index contributed by atoms with van der Waals surface area (Å²) in [6.45, 7) is 2.03. The summed E-state index contributed by atoms with van der Waals surface area (Å²) in [6.07, 6.45) is -6.21. The van der Waals surface area contributed by atoms with Crippen molar-refractivity contribution in [3.8, 4) is 11.5 Å². The van der Waals surface area contributed by atoms with Crippen LogP contribution in [0.1, 0.15) is 43.9 Å². The van der Waals surface area contributed by atoms with Gasteiger partial charge in [-0.25, -0.2) is 23.5 Å². The molecule has 2 aliphatic heterocycles. The molecule has 2 aliphatic rings. The van der Waals surface area contributed by atoms with Gasteiger partial charge in [0.05, 0.1) is 32.0 Å². The maximum absolute atomic E-state index is 15.4. The number of esters is 2. The van der Waals surface area contributed by atoms with Crippen LogP contribution >= 0.6 is 38.7 Å². The standard InChI is InChI=1S/C30H29ClFN6O7P.C30H30ClN6O7P/c1-17(29(40)42-14-18-8-3-2-4-9-18)37-46(41,45-21-13-7-11-19-10-5-6-12-20(19)21)43-15-22-25(39)23(32)28(44-22)38-16-34-24-26(33)35-30(31)36-27(24)38;1-18(29(39)41-15-19-8-3-2-4-9-19)36-45(40,44-23-13-7-11-20-10-5-6-12-21(20)23)42-16-24-22(38)14-25(43-24)37-17-33-26-27(32)34-30(31)35-28(26)37/h2-13,16-17,22-23,25,28,39H,14-15H2,1H3,(H,37,41)(H2,33,35,36);2-13,17-18,22,24-25,38H,14-16H2,1H3,(H,36,40)(H2,32,34,35)/t17-,22+,23+,25?,28+,46?;18-,22?,24+,25+,45?/m00/s1. The molecule has 4 aromatic heterocycles. The predicted octanol–water partition coefficient (Wildman–Crippen LogP) is 9.53. The number of hydrogen-bond acceptors (Lipinski definition) is 22. The predicted molar refractivity (Wildman–Crippen MR) is 333 cm³/mol. The Labute approximate surface area is 528 Å². The van der Waals surface area contributed by atoms with Gasteiger partial charge in [0.15, 0.2) is 35.3 Å². The van der Waals surface area contributed by atoms with E-state index in [1.165, 1.54) is 31.1 Å². The molecule has 91 heavy (non-hydrogen) atoms. The van der Waals surface area contributed by atoms with Gasteiger partial charge >= 0.3 is 27.4 Å². The lowest BCUT2D eigenvalue weighted by molar-refractivity contribution is -0.147. The Bertz CT molecular complexity index is 4330. The number of carbonyl (C=O) groups is 2. The second kappa shape index (κ2) is 28.1. The third-order valence-corrected chi connectivity index (χ3v) is 18.1. The van der Waals surface area contributed by atoms with Gasteiger partial charge in [0.1, 0.15) is 72.4 Å². The molecule has 6 aromatic carbocycles. The molecule has 0 amide bonds. The molecule has 0 radical (unpaired) electrons. The molecular weight excluding hydrogens is 1260 g/mol. The van der Waals surface area contributed by atoms with Gasteiger partial charge < -0.3 is 49.7 Å². The number of imidazole rings is 2. The first-order valence-electron chi connectivity index (χ1n) is 28.2. The first-order valence-corrected chi connectivity index (χ1v) is 32.1. The van der Waals surface area contributed by atoms with Crippen molar-refractivity contribution in [2.75, 3.05) is 24.7 Å². The quantitative estimate of drug-likeness (QED) is 0.0209. The number of rotatable bonds is 22. The van der Waals surface area contributed by atoms with Crippen LogP contribution in [0.15, 0.2) is 158 Å². The van der Waals surface area contributed by atoms with Crippen molar-refractivity contribution in [1.29, 1.82) is 0 Å². The Morgan fingerprint density at radius 3 is 1.57 bits per heavy atom. The van der Waals surface area contributed by atoms with Crippen LogP contribution in [0.25, 0.3) is 43.9 Å². The number of anilines is 2. The number of halogens is 3. The van der Waals surface area contributed by atoms with E-state index in [1.54, 1.807) is 53.1 Å². The zero-order valence-corrected chi connectivity index (χ0v) is 51.6. The van der Waals surface area contributed by atoms with Gasteiger partial charge in [-0.3, -0.25) is 27.8 Å². The first kappa shape index (κ1) is 64.3. The summed E-state index contributed by atoms with van der Waals surface area (Å²) in [5, 5.41) is 29.7. The molecule has 12 rings (SSSR count). The van der Waals surface area contributed by atoms with E-state index in [-0.39, 0.29) is 71.1 Å². The summed E-state index contributed by atoms with van der Waals surface area (Å²) >= 11 is 11.9. The SMILES string of the molecule is C[C@H](NP(=O)(OC[C@H]1O[C@@H](n2cnc3c(N)nc(Cl)nc32)CC1O)Oc1cccc2ccccc12)C(=O)OCc1ccccc1.C[C@H](NP(=O)(OC[C@H]1O[C@@H](n2cnc3c(N)nc(Cl)nc32)[C@H](F)C1O)Oc1cccc2ccccc12)C(=O)OCc1ccccc1. The summed E-state index contributed by atoms with van der Waals surface area (Å²) < 4.78 is 93.0. The number of alkyl halides is 1. The lowest BCUT2D eigenvalue weighted by atomic mass is 10.1. The van der Waals surface area contributed by atoms with Gasteiger partial charge in [0, 0.05) is 17.2 Å². The highest BCUT2D eigenvalue weighted by molar-refractivity contribution is 7.52. The smallest absolute Gasteiger partial charge is 0.459 e. The van der Waals surface area contributed by atoms with E-state index in [2.05, 4.69) is 40.1 Å². The van der Waals surface area contributed by atoms with Crippen molar-refractivity contribution in [1.82, 2.24) is 49.2 Å². The number of nitrogens with two attached hydrogens (primary N) is 2. The van der Waals surface area contributed by atoms with E-state index >= 15 is 4.39 Å². The minimum atomic E-state index is -4.42. The van der Waals surface area contributed by atoms with E-state index in [0.717, 1.165) is 21.9 Å². The minimum Gasteiger partial charge on any atom is -0.460 e. The molecule has 11 atom stereocenters. The zero-order valence-electron chi connectivity index (χ0n) is 48.3. The highest BCUT2D eigenvalue weighted by atomic mass is 35.5. The highest BCUT2D eigenvalue weighted by Crippen LogP contribution is 2.50. The minimum absolute atomic E-state index is 0.00682. The fourth-order valence-electron chi connectivity index (χ4n) is 9.94. The van der Waals surface area contributed by atoms with Gasteiger partial charge in [-0.1, -0.05) is 133 Å². The van der Waals surface area contributed by atoms with Crippen molar-refractivity contribution >= 4 is 106 Å². The number of aliphatic hydroxyl groups excluding tert-OH is 2. The molecule has 2 saturated heterocycles. The third-order valence-electron chi connectivity index (χ3n) is 14.5. The van der Waals surface area contributed by atoms with Crippen molar-refractivity contribution in [3.63, 3.8) is 0 Å². The molecule has 8 N–H and O–H groups in total. The number of fused-ring (bicyclic) bond motifs is 4. The van der Waals surface area contributed by atoms with Gasteiger partial charge in [-0.2, -0.15) is 30.1 Å². The summed E-state index contributed by atoms with van der Waals surface area (Å²) in [4.78, 5) is 50.1. The third kappa shape index (κ3) is 15.1. The monoisotopic (exact) mass is 1320 g/mol. The number of ether oxygens (including phenoxy) is 4. The molecule has 0 bridgehead atoms.